The first-order valence-electron chi connectivity index (χ1n) is 6.32. The molecule has 1 heterocycles. The van der Waals surface area contributed by atoms with Crippen LogP contribution >= 0.6 is 0 Å². The highest BCUT2D eigenvalue weighted by molar-refractivity contribution is 5.95. The first-order valence-corrected chi connectivity index (χ1v) is 6.32. The molecular weight excluding hydrogens is 288 g/mol. The molecule has 0 aliphatic heterocycles. The molecule has 0 aliphatic carbocycles. The highest BCUT2D eigenvalue weighted by atomic mass is 16.6. The van der Waals surface area contributed by atoms with E-state index in [1.165, 1.54) is 19.2 Å². The SMILES string of the molecule is COc1ccc(CNC(=O)c2ccc(N)c([N+](=O)[O-])c2)cn1. The molecule has 0 saturated heterocycles. The summed E-state index contributed by atoms with van der Waals surface area (Å²) in [6.45, 7) is 0.244. The molecule has 0 saturated carbocycles. The van der Waals surface area contributed by atoms with E-state index in [2.05, 4.69) is 10.3 Å². The predicted molar refractivity (Wildman–Crippen MR) is 79.5 cm³/mol. The summed E-state index contributed by atoms with van der Waals surface area (Å²) in [4.78, 5) is 26.2. The Morgan fingerprint density at radius 1 is 1.41 bits per heavy atom. The smallest absolute Gasteiger partial charge is 0.292 e. The maximum atomic E-state index is 12.0. The molecule has 1 amide bonds. The summed E-state index contributed by atoms with van der Waals surface area (Å²) in [5, 5.41) is 13.5. The Kier molecular flexibility index (Phi) is 4.52. The van der Waals surface area contributed by atoms with Gasteiger partial charge in [-0.1, -0.05) is 6.07 Å². The number of pyridine rings is 1. The Labute approximate surface area is 126 Å². The third-order valence-corrected chi connectivity index (χ3v) is 2.95. The molecule has 1 aromatic carbocycles. The Hall–Kier alpha value is -3.16. The van der Waals surface area contributed by atoms with E-state index in [1.807, 2.05) is 0 Å². The van der Waals surface area contributed by atoms with Gasteiger partial charge >= 0.3 is 0 Å². The van der Waals surface area contributed by atoms with Crippen molar-refractivity contribution in [1.82, 2.24) is 10.3 Å². The van der Waals surface area contributed by atoms with Crippen molar-refractivity contribution >= 4 is 17.3 Å². The minimum atomic E-state index is -0.625. The number of anilines is 1. The van der Waals surface area contributed by atoms with Crippen LogP contribution in [0.25, 0.3) is 0 Å². The Morgan fingerprint density at radius 3 is 2.77 bits per heavy atom. The van der Waals surface area contributed by atoms with Crippen LogP contribution in [0.2, 0.25) is 0 Å². The summed E-state index contributed by atoms with van der Waals surface area (Å²) in [5.74, 6) is 0.0446. The summed E-state index contributed by atoms with van der Waals surface area (Å²) in [6.07, 6.45) is 1.57. The van der Waals surface area contributed by atoms with Crippen LogP contribution in [-0.4, -0.2) is 22.9 Å². The van der Waals surface area contributed by atoms with E-state index in [0.29, 0.717) is 5.88 Å². The van der Waals surface area contributed by atoms with E-state index in [4.69, 9.17) is 10.5 Å². The van der Waals surface area contributed by atoms with Crippen LogP contribution < -0.4 is 15.8 Å². The molecule has 2 rings (SSSR count). The number of nitrogens with zero attached hydrogens (tertiary/aromatic N) is 2. The second-order valence-corrected chi connectivity index (χ2v) is 4.42. The third-order valence-electron chi connectivity index (χ3n) is 2.95. The van der Waals surface area contributed by atoms with Gasteiger partial charge < -0.3 is 15.8 Å². The number of carbonyl (C=O) groups excluding carboxylic acids is 1. The first kappa shape index (κ1) is 15.2. The molecule has 0 bridgehead atoms. The van der Waals surface area contributed by atoms with Crippen molar-refractivity contribution in [3.05, 3.63) is 57.8 Å². The normalized spacial score (nSPS) is 10.0. The first-order chi connectivity index (χ1) is 10.5. The van der Waals surface area contributed by atoms with E-state index >= 15 is 0 Å². The lowest BCUT2D eigenvalue weighted by molar-refractivity contribution is -0.383. The molecule has 0 atom stereocenters. The van der Waals surface area contributed by atoms with Gasteiger partial charge in [0.15, 0.2) is 0 Å². The maximum absolute atomic E-state index is 12.0. The van der Waals surface area contributed by atoms with Crippen molar-refractivity contribution in [3.63, 3.8) is 0 Å². The van der Waals surface area contributed by atoms with E-state index < -0.39 is 10.8 Å². The van der Waals surface area contributed by atoms with Gasteiger partial charge in [0, 0.05) is 30.4 Å². The molecule has 2 aromatic rings. The number of ether oxygens (including phenoxy) is 1. The lowest BCUT2D eigenvalue weighted by Gasteiger charge is -2.06. The molecule has 8 nitrogen and oxygen atoms in total. The number of nitro groups is 1. The lowest BCUT2D eigenvalue weighted by Crippen LogP contribution is -2.23. The topological polar surface area (TPSA) is 120 Å². The molecule has 114 valence electrons. The number of nitrogens with two attached hydrogens (primary N) is 1. The quantitative estimate of drug-likeness (QED) is 0.490. The molecule has 0 spiro atoms. The van der Waals surface area contributed by atoms with Crippen molar-refractivity contribution in [2.75, 3.05) is 12.8 Å². The van der Waals surface area contributed by atoms with Gasteiger partial charge in [-0.2, -0.15) is 0 Å². The van der Waals surface area contributed by atoms with Crippen LogP contribution in [0.1, 0.15) is 15.9 Å². The number of aromatic nitrogens is 1. The number of hydrogen-bond acceptors (Lipinski definition) is 6. The number of hydrogen-bond donors (Lipinski definition) is 2. The van der Waals surface area contributed by atoms with Crippen LogP contribution in [-0.2, 0) is 6.54 Å². The Balaban J connectivity index is 2.05. The molecule has 0 aliphatic rings. The zero-order chi connectivity index (χ0) is 16.1. The zero-order valence-corrected chi connectivity index (χ0v) is 11.8. The van der Waals surface area contributed by atoms with E-state index in [9.17, 15) is 14.9 Å². The van der Waals surface area contributed by atoms with Crippen LogP contribution in [0.4, 0.5) is 11.4 Å². The van der Waals surface area contributed by atoms with Gasteiger partial charge in [0.05, 0.1) is 12.0 Å². The summed E-state index contributed by atoms with van der Waals surface area (Å²) in [7, 11) is 1.51. The fourth-order valence-corrected chi connectivity index (χ4v) is 1.76. The molecule has 8 heteroatoms. The predicted octanol–water partition coefficient (Wildman–Crippen LogP) is 1.51. The van der Waals surface area contributed by atoms with Gasteiger partial charge in [-0.05, 0) is 17.7 Å². The average molecular weight is 302 g/mol. The Morgan fingerprint density at radius 2 is 2.18 bits per heavy atom. The number of benzene rings is 1. The number of carbonyl (C=O) groups is 1. The van der Waals surface area contributed by atoms with Crippen LogP contribution in [0.3, 0.4) is 0 Å². The second-order valence-electron chi connectivity index (χ2n) is 4.42. The molecular formula is C14H14N4O4. The van der Waals surface area contributed by atoms with Crippen LogP contribution in [0.5, 0.6) is 5.88 Å². The highest BCUT2D eigenvalue weighted by Crippen LogP contribution is 2.22. The second kappa shape index (κ2) is 6.53. The van der Waals surface area contributed by atoms with Crippen molar-refractivity contribution in [2.45, 2.75) is 6.54 Å². The van der Waals surface area contributed by atoms with Crippen molar-refractivity contribution in [3.8, 4) is 5.88 Å². The number of nitro benzene ring substituents is 1. The van der Waals surface area contributed by atoms with Crippen molar-refractivity contribution in [2.24, 2.45) is 0 Å². The average Bonchev–Trinajstić information content (AvgIpc) is 2.53. The Bertz CT molecular complexity index is 700. The lowest BCUT2D eigenvalue weighted by atomic mass is 10.1. The monoisotopic (exact) mass is 302 g/mol. The largest absolute Gasteiger partial charge is 0.481 e. The summed E-state index contributed by atoms with van der Waals surface area (Å²) >= 11 is 0. The minimum Gasteiger partial charge on any atom is -0.481 e. The van der Waals surface area contributed by atoms with Gasteiger partial charge in [-0.15, -0.1) is 0 Å². The molecule has 0 fully saturated rings. The molecule has 22 heavy (non-hydrogen) atoms. The van der Waals surface area contributed by atoms with E-state index in [0.717, 1.165) is 11.6 Å². The van der Waals surface area contributed by atoms with Gasteiger partial charge in [-0.25, -0.2) is 4.98 Å². The minimum absolute atomic E-state index is 0.0147. The summed E-state index contributed by atoms with van der Waals surface area (Å²) < 4.78 is 4.94. The zero-order valence-electron chi connectivity index (χ0n) is 11.8. The van der Waals surface area contributed by atoms with E-state index in [-0.39, 0.29) is 23.5 Å². The van der Waals surface area contributed by atoms with Crippen LogP contribution in [0.15, 0.2) is 36.5 Å². The van der Waals surface area contributed by atoms with Gasteiger partial charge in [0.2, 0.25) is 5.88 Å². The molecule has 1 aromatic heterocycles. The van der Waals surface area contributed by atoms with Crippen molar-refractivity contribution in [1.29, 1.82) is 0 Å². The summed E-state index contributed by atoms with van der Waals surface area (Å²) in [5.41, 5.74) is 6.16. The summed E-state index contributed by atoms with van der Waals surface area (Å²) in [6, 6.07) is 7.36. The van der Waals surface area contributed by atoms with Crippen molar-refractivity contribution < 1.29 is 14.5 Å². The van der Waals surface area contributed by atoms with E-state index in [1.54, 1.807) is 18.3 Å². The number of nitrogen functional groups attached to an aromatic ring is 1. The maximum Gasteiger partial charge on any atom is 0.292 e. The van der Waals surface area contributed by atoms with Crippen LogP contribution in [0, 0.1) is 10.1 Å². The number of amides is 1. The molecule has 0 radical (unpaired) electrons. The fourth-order valence-electron chi connectivity index (χ4n) is 1.76. The molecule has 3 N–H and O–H groups in total. The van der Waals surface area contributed by atoms with Gasteiger partial charge in [-0.3, -0.25) is 14.9 Å². The fraction of sp³-hybridized carbons (Fsp3) is 0.143. The number of nitrogens with one attached hydrogen (secondary N) is 1. The van der Waals surface area contributed by atoms with Gasteiger partial charge in [0.25, 0.3) is 11.6 Å². The highest BCUT2D eigenvalue weighted by Gasteiger charge is 2.15. The third kappa shape index (κ3) is 3.48. The number of methoxy groups -OCH3 is 1. The van der Waals surface area contributed by atoms with Gasteiger partial charge in [0.1, 0.15) is 5.69 Å². The number of rotatable bonds is 5. The standard InChI is InChI=1S/C14H14N4O4/c1-22-13-5-2-9(7-16-13)8-17-14(19)10-3-4-11(15)12(6-10)18(20)21/h2-7H,8,15H2,1H3,(H,17,19). The molecule has 0 unspecified atom stereocenters.